The number of hydrogen-bond acceptors (Lipinski definition) is 4. The Hall–Kier alpha value is -1.82. The molecule has 0 bridgehead atoms. The molecule has 0 aliphatic carbocycles. The Morgan fingerprint density at radius 3 is 2.32 bits per heavy atom. The molecule has 2 rings (SSSR count). The molecule has 0 aromatic heterocycles. The lowest BCUT2D eigenvalue weighted by Crippen LogP contribution is -2.39. The maximum atomic E-state index is 11.3. The van der Waals surface area contributed by atoms with E-state index >= 15 is 0 Å². The van der Waals surface area contributed by atoms with Gasteiger partial charge in [-0.15, -0.1) is 11.8 Å². The predicted octanol–water partition coefficient (Wildman–Crippen LogP) is 3.78. The number of rotatable bonds is 2. The predicted molar refractivity (Wildman–Crippen MR) is 105 cm³/mol. The highest BCUT2D eigenvalue weighted by molar-refractivity contribution is 7.98. The summed E-state index contributed by atoms with van der Waals surface area (Å²) in [6.07, 6.45) is 3.21. The number of nitrogens with zero attached hydrogens (tertiary/aromatic N) is 1. The number of para-hydroxylation sites is 1. The molecular weight excluding hydrogens is 336 g/mol. The fourth-order valence-corrected chi connectivity index (χ4v) is 2.89. The van der Waals surface area contributed by atoms with E-state index in [1.807, 2.05) is 59.2 Å². The average molecular weight is 367 g/mol. The molecule has 6 heteroatoms. The topological polar surface area (TPSA) is 66.5 Å². The SMILES string of the molecule is CC.CC1CCC(=O)NC1=O.CSc1cccc(C)c1N(C)C(C)=O. The Morgan fingerprint density at radius 1 is 1.28 bits per heavy atom. The second-order valence-corrected chi connectivity index (χ2v) is 6.40. The second kappa shape index (κ2) is 11.7. The van der Waals surface area contributed by atoms with Gasteiger partial charge in [0.1, 0.15) is 0 Å². The van der Waals surface area contributed by atoms with E-state index < -0.39 is 0 Å². The van der Waals surface area contributed by atoms with E-state index in [9.17, 15) is 14.4 Å². The molecule has 1 aromatic carbocycles. The zero-order chi connectivity index (χ0) is 19.6. The molecule has 1 fully saturated rings. The summed E-state index contributed by atoms with van der Waals surface area (Å²) in [5.74, 6) is -0.193. The van der Waals surface area contributed by atoms with Gasteiger partial charge in [0.05, 0.1) is 5.69 Å². The van der Waals surface area contributed by atoms with Crippen molar-refractivity contribution in [3.63, 3.8) is 0 Å². The first-order chi connectivity index (χ1) is 11.8. The summed E-state index contributed by atoms with van der Waals surface area (Å²) < 4.78 is 0. The van der Waals surface area contributed by atoms with E-state index in [1.54, 1.807) is 23.6 Å². The molecule has 1 unspecified atom stereocenters. The van der Waals surface area contributed by atoms with Crippen molar-refractivity contribution < 1.29 is 14.4 Å². The molecule has 1 saturated heterocycles. The van der Waals surface area contributed by atoms with Crippen LogP contribution in [-0.2, 0) is 14.4 Å². The van der Waals surface area contributed by atoms with Crippen LogP contribution in [0.2, 0.25) is 0 Å². The minimum absolute atomic E-state index is 0.0164. The van der Waals surface area contributed by atoms with E-state index in [4.69, 9.17) is 0 Å². The molecule has 1 aliphatic heterocycles. The third kappa shape index (κ3) is 7.30. The molecule has 0 radical (unpaired) electrons. The molecule has 1 N–H and O–H groups in total. The number of carbonyl (C=O) groups is 3. The van der Waals surface area contributed by atoms with Gasteiger partial charge in [0.2, 0.25) is 17.7 Å². The number of piperidine rings is 1. The van der Waals surface area contributed by atoms with Gasteiger partial charge in [0.15, 0.2) is 0 Å². The van der Waals surface area contributed by atoms with Crippen LogP contribution in [0.15, 0.2) is 23.1 Å². The van der Waals surface area contributed by atoms with Crippen molar-refractivity contribution in [1.29, 1.82) is 0 Å². The van der Waals surface area contributed by atoms with E-state index in [0.29, 0.717) is 12.8 Å². The molecule has 140 valence electrons. The van der Waals surface area contributed by atoms with Gasteiger partial charge in [0, 0.05) is 31.2 Å². The summed E-state index contributed by atoms with van der Waals surface area (Å²) in [4.78, 5) is 35.3. The van der Waals surface area contributed by atoms with Crippen LogP contribution in [0.3, 0.4) is 0 Å². The maximum Gasteiger partial charge on any atom is 0.229 e. The third-order valence-corrected chi connectivity index (χ3v) is 4.51. The fourth-order valence-electron chi connectivity index (χ4n) is 2.19. The van der Waals surface area contributed by atoms with Crippen LogP contribution in [0.5, 0.6) is 0 Å². The van der Waals surface area contributed by atoms with Gasteiger partial charge in [-0.2, -0.15) is 0 Å². The van der Waals surface area contributed by atoms with Crippen molar-refractivity contribution in [3.05, 3.63) is 23.8 Å². The van der Waals surface area contributed by atoms with Crippen LogP contribution >= 0.6 is 11.8 Å². The molecular formula is C19H30N2O3S. The third-order valence-electron chi connectivity index (χ3n) is 3.74. The largest absolute Gasteiger partial charge is 0.314 e. The minimum Gasteiger partial charge on any atom is -0.314 e. The summed E-state index contributed by atoms with van der Waals surface area (Å²) in [6, 6.07) is 6.07. The lowest BCUT2D eigenvalue weighted by atomic mass is 10.0. The highest BCUT2D eigenvalue weighted by Gasteiger charge is 2.21. The van der Waals surface area contributed by atoms with Crippen molar-refractivity contribution in [2.45, 2.75) is 52.4 Å². The first kappa shape index (κ1) is 23.2. The monoisotopic (exact) mass is 366 g/mol. The van der Waals surface area contributed by atoms with Gasteiger partial charge in [-0.3, -0.25) is 19.7 Å². The normalized spacial score (nSPS) is 15.9. The van der Waals surface area contributed by atoms with Gasteiger partial charge >= 0.3 is 0 Å². The summed E-state index contributed by atoms with van der Waals surface area (Å²) in [5, 5.41) is 2.25. The number of thioether (sulfide) groups is 1. The minimum atomic E-state index is -0.141. The van der Waals surface area contributed by atoms with Gasteiger partial charge < -0.3 is 4.90 Å². The molecule has 3 amide bonds. The van der Waals surface area contributed by atoms with E-state index in [1.165, 1.54) is 0 Å². The van der Waals surface area contributed by atoms with Crippen molar-refractivity contribution in [1.82, 2.24) is 5.32 Å². The standard InChI is InChI=1S/C11H15NOS.C6H9NO2.C2H6/c1-8-6-5-7-10(14-4)11(8)12(3)9(2)13;1-4-2-3-5(8)7-6(4)9;1-2/h5-7H,1-4H3;4H,2-3H2,1H3,(H,7,8,9);1-2H3. The number of benzene rings is 1. The first-order valence-corrected chi connectivity index (χ1v) is 9.72. The van der Waals surface area contributed by atoms with Crippen LogP contribution in [0.4, 0.5) is 5.69 Å². The zero-order valence-electron chi connectivity index (χ0n) is 16.3. The number of aryl methyl sites for hydroxylation is 1. The van der Waals surface area contributed by atoms with Crippen molar-refractivity contribution in [2.24, 2.45) is 5.92 Å². The molecule has 1 heterocycles. The molecule has 1 atom stereocenters. The number of nitrogens with one attached hydrogen (secondary N) is 1. The van der Waals surface area contributed by atoms with Gasteiger partial charge in [-0.1, -0.05) is 32.9 Å². The van der Waals surface area contributed by atoms with Crippen molar-refractivity contribution in [2.75, 3.05) is 18.2 Å². The summed E-state index contributed by atoms with van der Waals surface area (Å²) in [5.41, 5.74) is 2.15. The summed E-state index contributed by atoms with van der Waals surface area (Å²) >= 11 is 1.66. The van der Waals surface area contributed by atoms with Crippen LogP contribution in [0.1, 0.15) is 46.1 Å². The molecule has 1 aromatic rings. The lowest BCUT2D eigenvalue weighted by Gasteiger charge is -2.20. The van der Waals surface area contributed by atoms with Crippen LogP contribution in [-0.4, -0.2) is 31.0 Å². The Bertz CT molecular complexity index is 602. The molecule has 1 aliphatic rings. The number of anilines is 1. The fraction of sp³-hybridized carbons (Fsp3) is 0.526. The average Bonchev–Trinajstić information content (AvgIpc) is 2.59. The molecule has 5 nitrogen and oxygen atoms in total. The van der Waals surface area contributed by atoms with E-state index in [-0.39, 0.29) is 23.6 Å². The molecule has 0 spiro atoms. The number of hydrogen-bond donors (Lipinski definition) is 1. The molecule has 25 heavy (non-hydrogen) atoms. The van der Waals surface area contributed by atoms with Crippen LogP contribution < -0.4 is 10.2 Å². The van der Waals surface area contributed by atoms with E-state index in [2.05, 4.69) is 5.32 Å². The highest BCUT2D eigenvalue weighted by Crippen LogP contribution is 2.31. The second-order valence-electron chi connectivity index (χ2n) is 5.56. The lowest BCUT2D eigenvalue weighted by molar-refractivity contribution is -0.135. The smallest absolute Gasteiger partial charge is 0.229 e. The summed E-state index contributed by atoms with van der Waals surface area (Å²) in [6.45, 7) is 9.42. The van der Waals surface area contributed by atoms with Gasteiger partial charge in [-0.25, -0.2) is 0 Å². The van der Waals surface area contributed by atoms with Crippen molar-refractivity contribution >= 4 is 35.2 Å². The maximum absolute atomic E-state index is 11.3. The number of carbonyl (C=O) groups excluding carboxylic acids is 3. The zero-order valence-corrected chi connectivity index (χ0v) is 17.1. The summed E-state index contributed by atoms with van der Waals surface area (Å²) in [7, 11) is 1.81. The highest BCUT2D eigenvalue weighted by atomic mass is 32.2. The molecule has 0 saturated carbocycles. The number of amides is 3. The Morgan fingerprint density at radius 2 is 1.88 bits per heavy atom. The van der Waals surface area contributed by atoms with Crippen LogP contribution in [0.25, 0.3) is 0 Å². The van der Waals surface area contributed by atoms with Crippen molar-refractivity contribution in [3.8, 4) is 0 Å². The van der Waals surface area contributed by atoms with E-state index in [0.717, 1.165) is 16.1 Å². The quantitative estimate of drug-likeness (QED) is 0.639. The Kier molecular flexibility index (Phi) is 10.8. The number of imide groups is 1. The van der Waals surface area contributed by atoms with Gasteiger partial charge in [0.25, 0.3) is 0 Å². The first-order valence-electron chi connectivity index (χ1n) is 8.49. The Balaban J connectivity index is 0.000000451. The Labute approximate surface area is 155 Å². The van der Waals surface area contributed by atoms with Crippen LogP contribution in [0, 0.1) is 12.8 Å². The van der Waals surface area contributed by atoms with Gasteiger partial charge in [-0.05, 0) is 31.2 Å².